The zero-order chi connectivity index (χ0) is 26.4. The van der Waals surface area contributed by atoms with E-state index in [0.29, 0.717) is 17.3 Å². The number of aryl methyl sites for hydroxylation is 2. The van der Waals surface area contributed by atoms with Gasteiger partial charge < -0.3 is 19.5 Å². The van der Waals surface area contributed by atoms with Gasteiger partial charge in [-0.3, -0.25) is 0 Å². The molecule has 0 bridgehead atoms. The molecule has 0 saturated carbocycles. The number of benzene rings is 2. The molecule has 38 heavy (non-hydrogen) atoms. The molecule has 2 amide bonds. The van der Waals surface area contributed by atoms with Gasteiger partial charge in [-0.15, -0.1) is 11.3 Å². The summed E-state index contributed by atoms with van der Waals surface area (Å²) in [6.45, 7) is 2.52. The van der Waals surface area contributed by atoms with Crippen LogP contribution in [-0.4, -0.2) is 28.6 Å². The van der Waals surface area contributed by atoms with Gasteiger partial charge in [-0.25, -0.2) is 9.59 Å². The van der Waals surface area contributed by atoms with Gasteiger partial charge in [-0.1, -0.05) is 41.4 Å². The van der Waals surface area contributed by atoms with E-state index in [4.69, 9.17) is 16.3 Å². The van der Waals surface area contributed by atoms with Gasteiger partial charge in [-0.2, -0.15) is 0 Å². The molecule has 0 saturated heterocycles. The molecule has 0 spiro atoms. The summed E-state index contributed by atoms with van der Waals surface area (Å²) in [5.41, 5.74) is 6.36. The zero-order valence-corrected chi connectivity index (χ0v) is 22.9. The molecule has 2 aromatic heterocycles. The second kappa shape index (κ2) is 9.97. The highest BCUT2D eigenvalue weighted by atomic mass is 35.5. The van der Waals surface area contributed by atoms with Gasteiger partial charge >= 0.3 is 12.0 Å². The molecule has 0 unspecified atom stereocenters. The molecule has 6 nitrogen and oxygen atoms in total. The molecule has 8 heteroatoms. The number of hydrogen-bond acceptors (Lipinski definition) is 4. The van der Waals surface area contributed by atoms with E-state index in [1.165, 1.54) is 34.5 Å². The van der Waals surface area contributed by atoms with Gasteiger partial charge in [0.2, 0.25) is 0 Å². The van der Waals surface area contributed by atoms with Gasteiger partial charge in [0.15, 0.2) is 0 Å². The number of methoxy groups -OCH3 is 1. The number of anilines is 1. The lowest BCUT2D eigenvalue weighted by atomic mass is 9.95. The second-order valence-corrected chi connectivity index (χ2v) is 11.4. The van der Waals surface area contributed by atoms with Crippen molar-refractivity contribution in [3.63, 3.8) is 0 Å². The van der Waals surface area contributed by atoms with Crippen molar-refractivity contribution >= 4 is 40.6 Å². The first-order chi connectivity index (χ1) is 18.4. The van der Waals surface area contributed by atoms with E-state index in [-0.39, 0.29) is 17.6 Å². The Hall–Kier alpha value is -3.55. The maximum absolute atomic E-state index is 14.2. The van der Waals surface area contributed by atoms with Crippen molar-refractivity contribution in [2.45, 2.75) is 45.2 Å². The monoisotopic (exact) mass is 545 g/mol. The fourth-order valence-electron chi connectivity index (χ4n) is 5.67. The average Bonchev–Trinajstić information content (AvgIpc) is 3.50. The first kappa shape index (κ1) is 24.8. The van der Waals surface area contributed by atoms with Crippen LogP contribution in [0.25, 0.3) is 5.00 Å². The molecule has 1 aliphatic carbocycles. The Kier molecular flexibility index (Phi) is 6.50. The molecular formula is C30H28ClN3O3S. The third-order valence-corrected chi connectivity index (χ3v) is 8.99. The van der Waals surface area contributed by atoms with Crippen LogP contribution in [0.3, 0.4) is 0 Å². The van der Waals surface area contributed by atoms with Gasteiger partial charge in [0.1, 0.15) is 5.00 Å². The average molecular weight is 546 g/mol. The van der Waals surface area contributed by atoms with Crippen molar-refractivity contribution in [2.24, 2.45) is 0 Å². The minimum absolute atomic E-state index is 0.254. The van der Waals surface area contributed by atoms with Crippen LogP contribution in [0.5, 0.6) is 0 Å². The number of amides is 2. The molecule has 4 aromatic rings. The van der Waals surface area contributed by atoms with Crippen LogP contribution in [0.2, 0.25) is 5.02 Å². The molecule has 2 aromatic carbocycles. The third kappa shape index (κ3) is 4.29. The summed E-state index contributed by atoms with van der Waals surface area (Å²) in [6.07, 6.45) is 6.58. The lowest BCUT2D eigenvalue weighted by Crippen LogP contribution is -2.38. The Bertz CT molecular complexity index is 1560. The van der Waals surface area contributed by atoms with E-state index < -0.39 is 5.97 Å². The molecule has 1 aliphatic heterocycles. The number of nitrogens with one attached hydrogen (secondary N) is 1. The van der Waals surface area contributed by atoms with Crippen LogP contribution in [0.4, 0.5) is 10.5 Å². The van der Waals surface area contributed by atoms with Crippen LogP contribution in [-0.2, 0) is 24.1 Å². The normalized spacial score (nSPS) is 16.2. The summed E-state index contributed by atoms with van der Waals surface area (Å²) in [5.74, 6) is -0.536. The SMILES string of the molecule is COC(=O)c1ccc(Cl)cc1NC(=O)N1Cc2c(sc3c2CCCC3)-n2cccc2[C@@H]1c1cccc(C)c1. The van der Waals surface area contributed by atoms with Crippen molar-refractivity contribution in [2.75, 3.05) is 12.4 Å². The Labute approximate surface area is 230 Å². The lowest BCUT2D eigenvalue weighted by Gasteiger charge is -2.32. The summed E-state index contributed by atoms with van der Waals surface area (Å²) >= 11 is 8.12. The fraction of sp³-hybridized carbons (Fsp3) is 0.267. The Morgan fingerprint density at radius 3 is 2.71 bits per heavy atom. The molecular weight excluding hydrogens is 518 g/mol. The number of ether oxygens (including phenoxy) is 1. The van der Waals surface area contributed by atoms with Gasteiger partial charge in [0, 0.05) is 21.7 Å². The Balaban J connectivity index is 1.50. The van der Waals surface area contributed by atoms with Crippen molar-refractivity contribution in [1.29, 1.82) is 0 Å². The van der Waals surface area contributed by atoms with Crippen LogP contribution < -0.4 is 5.32 Å². The number of thiophene rings is 1. The second-order valence-electron chi connectivity index (χ2n) is 9.85. The van der Waals surface area contributed by atoms with Gasteiger partial charge in [-0.05, 0) is 74.1 Å². The quantitative estimate of drug-likeness (QED) is 0.275. The van der Waals surface area contributed by atoms with E-state index in [1.54, 1.807) is 18.2 Å². The number of hydrogen-bond donors (Lipinski definition) is 1. The summed E-state index contributed by atoms with van der Waals surface area (Å²) in [6, 6.07) is 16.6. The summed E-state index contributed by atoms with van der Waals surface area (Å²) < 4.78 is 7.21. The number of carbonyl (C=O) groups is 2. The number of carbonyl (C=O) groups excluding carboxylic acids is 2. The highest BCUT2D eigenvalue weighted by molar-refractivity contribution is 7.15. The molecule has 3 heterocycles. The number of nitrogens with zero attached hydrogens (tertiary/aromatic N) is 2. The van der Waals surface area contributed by atoms with Crippen LogP contribution >= 0.6 is 22.9 Å². The largest absolute Gasteiger partial charge is 0.465 e. The maximum atomic E-state index is 14.2. The first-order valence-electron chi connectivity index (χ1n) is 12.8. The molecule has 194 valence electrons. The molecule has 6 rings (SSSR count). The van der Waals surface area contributed by atoms with E-state index >= 15 is 0 Å². The molecule has 2 aliphatic rings. The Morgan fingerprint density at radius 2 is 1.89 bits per heavy atom. The van der Waals surface area contributed by atoms with Crippen LogP contribution in [0, 0.1) is 6.92 Å². The highest BCUT2D eigenvalue weighted by Crippen LogP contribution is 2.44. The number of fused-ring (bicyclic) bond motifs is 5. The number of rotatable bonds is 3. The molecule has 1 N–H and O–H groups in total. The third-order valence-electron chi connectivity index (χ3n) is 7.43. The van der Waals surface area contributed by atoms with Crippen LogP contribution in [0.15, 0.2) is 60.8 Å². The van der Waals surface area contributed by atoms with E-state index in [2.05, 4.69) is 47.3 Å². The number of esters is 1. The standard InChI is InChI=1S/C30H28ClN3O3S/c1-18-7-5-8-19(15-18)27-25-10-6-14-33(25)28-23(21-9-3-4-11-26(21)38-28)17-34(27)30(36)32-24-16-20(31)12-13-22(24)29(35)37-2/h5-8,10,12-16,27H,3-4,9,11,17H2,1-2H3,(H,32,36)/t27-/m0/s1. The predicted octanol–water partition coefficient (Wildman–Crippen LogP) is 7.30. The maximum Gasteiger partial charge on any atom is 0.339 e. The van der Waals surface area contributed by atoms with E-state index in [0.717, 1.165) is 36.1 Å². The topological polar surface area (TPSA) is 63.6 Å². The van der Waals surface area contributed by atoms with Gasteiger partial charge in [0.25, 0.3) is 0 Å². The summed E-state index contributed by atoms with van der Waals surface area (Å²) in [4.78, 5) is 30.0. The van der Waals surface area contributed by atoms with E-state index in [9.17, 15) is 9.59 Å². The zero-order valence-electron chi connectivity index (χ0n) is 21.3. The first-order valence-corrected chi connectivity index (χ1v) is 14.0. The molecule has 1 atom stereocenters. The minimum atomic E-state index is -0.536. The van der Waals surface area contributed by atoms with Crippen molar-refractivity contribution in [3.8, 4) is 5.00 Å². The van der Waals surface area contributed by atoms with Crippen molar-refractivity contribution in [3.05, 3.63) is 104 Å². The number of urea groups is 1. The number of halogens is 1. The molecule has 0 radical (unpaired) electrons. The summed E-state index contributed by atoms with van der Waals surface area (Å²) in [5, 5.41) is 4.62. The molecule has 0 fully saturated rings. The van der Waals surface area contributed by atoms with Gasteiger partial charge in [0.05, 0.1) is 36.6 Å². The fourth-order valence-corrected chi connectivity index (χ4v) is 7.25. The van der Waals surface area contributed by atoms with E-state index in [1.807, 2.05) is 28.4 Å². The van der Waals surface area contributed by atoms with Crippen LogP contribution in [0.1, 0.15) is 62.1 Å². The van der Waals surface area contributed by atoms with Crippen molar-refractivity contribution in [1.82, 2.24) is 9.47 Å². The number of aromatic nitrogens is 1. The minimum Gasteiger partial charge on any atom is -0.465 e. The lowest BCUT2D eigenvalue weighted by molar-refractivity contribution is 0.0602. The van der Waals surface area contributed by atoms with Crippen molar-refractivity contribution < 1.29 is 14.3 Å². The summed E-state index contributed by atoms with van der Waals surface area (Å²) in [7, 11) is 1.32. The highest BCUT2D eigenvalue weighted by Gasteiger charge is 2.36. The Morgan fingerprint density at radius 1 is 1.05 bits per heavy atom. The smallest absolute Gasteiger partial charge is 0.339 e. The predicted molar refractivity (Wildman–Crippen MR) is 151 cm³/mol.